The fraction of sp³-hybridized carbons (Fsp3) is 0.176. The molecular weight excluding hydrogens is 278 g/mol. The highest BCUT2D eigenvalue weighted by Crippen LogP contribution is 2.13. The minimum absolute atomic E-state index is 0.00169. The van der Waals surface area contributed by atoms with Crippen LogP contribution >= 0.6 is 0 Å². The minimum atomic E-state index is -0.0401. The average molecular weight is 297 g/mol. The highest BCUT2D eigenvalue weighted by molar-refractivity contribution is 5.95. The minimum Gasteiger partial charge on any atom is -0.492 e. The molecule has 1 amide bonds. The zero-order valence-electron chi connectivity index (χ0n) is 12.5. The van der Waals surface area contributed by atoms with Crippen LogP contribution < -0.4 is 10.5 Å². The molecule has 0 unspecified atom stereocenters. The molecule has 0 heterocycles. The second kappa shape index (κ2) is 7.26. The first-order valence-electron chi connectivity index (χ1n) is 6.95. The summed E-state index contributed by atoms with van der Waals surface area (Å²) < 4.78 is 5.61. The summed E-state index contributed by atoms with van der Waals surface area (Å²) in [7, 11) is 1.74. The van der Waals surface area contributed by atoms with Gasteiger partial charge in [-0.15, -0.1) is 0 Å². The molecule has 0 bridgehead atoms. The monoisotopic (exact) mass is 297 g/mol. The molecule has 0 spiro atoms. The number of benzene rings is 2. The third-order valence-electron chi connectivity index (χ3n) is 3.21. The lowest BCUT2D eigenvalue weighted by Crippen LogP contribution is -2.30. The fourth-order valence-corrected chi connectivity index (χ4v) is 1.96. The summed E-state index contributed by atoms with van der Waals surface area (Å²) in [6, 6.07) is 16.2. The van der Waals surface area contributed by atoms with E-state index in [4.69, 9.17) is 15.9 Å². The van der Waals surface area contributed by atoms with Crippen molar-refractivity contribution in [3.63, 3.8) is 0 Å². The number of nitrogens with zero attached hydrogens (tertiary/aromatic N) is 1. The van der Waals surface area contributed by atoms with Gasteiger partial charge in [-0.2, -0.15) is 0 Å². The summed E-state index contributed by atoms with van der Waals surface area (Å²) in [6.45, 7) is 0.842. The number of nitrogens with two attached hydrogens (primary N) is 1. The lowest BCUT2D eigenvalue weighted by molar-refractivity contribution is 0.0774. The zero-order valence-corrected chi connectivity index (χ0v) is 12.5. The quantitative estimate of drug-likeness (QED) is 0.633. The van der Waals surface area contributed by atoms with Crippen LogP contribution in [0, 0.1) is 5.41 Å². The van der Waals surface area contributed by atoms with Crippen LogP contribution in [0.4, 0.5) is 0 Å². The topological polar surface area (TPSA) is 79.4 Å². The van der Waals surface area contributed by atoms with E-state index in [1.807, 2.05) is 18.2 Å². The standard InChI is InChI=1S/C17H19N3O2/c1-20(17(21)13-6-3-2-4-7-13)10-11-22-15-9-5-8-14(12-15)16(18)19/h2-9,12H,10-11H2,1H3,(H3,18,19). The number of rotatable bonds is 6. The number of nitrogen functional groups attached to an aromatic ring is 1. The summed E-state index contributed by atoms with van der Waals surface area (Å²) in [5.74, 6) is 0.594. The highest BCUT2D eigenvalue weighted by atomic mass is 16.5. The van der Waals surface area contributed by atoms with Crippen molar-refractivity contribution < 1.29 is 9.53 Å². The molecular formula is C17H19N3O2. The lowest BCUT2D eigenvalue weighted by Gasteiger charge is -2.17. The second-order valence-corrected chi connectivity index (χ2v) is 4.88. The number of amides is 1. The van der Waals surface area contributed by atoms with Crippen LogP contribution in [0.3, 0.4) is 0 Å². The van der Waals surface area contributed by atoms with Crippen molar-refractivity contribution in [2.75, 3.05) is 20.2 Å². The Kier molecular flexibility index (Phi) is 5.14. The van der Waals surface area contributed by atoms with E-state index in [1.54, 1.807) is 48.3 Å². The molecule has 22 heavy (non-hydrogen) atoms. The Bertz CT molecular complexity index is 656. The molecule has 5 nitrogen and oxygen atoms in total. The van der Waals surface area contributed by atoms with E-state index in [0.717, 1.165) is 0 Å². The molecule has 0 fully saturated rings. The van der Waals surface area contributed by atoms with Crippen LogP contribution in [-0.2, 0) is 0 Å². The second-order valence-electron chi connectivity index (χ2n) is 4.88. The van der Waals surface area contributed by atoms with Crippen LogP contribution in [0.5, 0.6) is 5.75 Å². The van der Waals surface area contributed by atoms with Gasteiger partial charge in [-0.1, -0.05) is 30.3 Å². The van der Waals surface area contributed by atoms with Crippen molar-refractivity contribution in [1.82, 2.24) is 4.90 Å². The number of amidine groups is 1. The predicted molar refractivity (Wildman–Crippen MR) is 86.4 cm³/mol. The molecule has 0 aromatic heterocycles. The Morgan fingerprint density at radius 3 is 2.50 bits per heavy atom. The molecule has 0 saturated carbocycles. The van der Waals surface area contributed by atoms with E-state index in [-0.39, 0.29) is 11.7 Å². The van der Waals surface area contributed by atoms with Gasteiger partial charge in [0, 0.05) is 18.2 Å². The molecule has 0 aliphatic rings. The number of carbonyl (C=O) groups is 1. The highest BCUT2D eigenvalue weighted by Gasteiger charge is 2.10. The van der Waals surface area contributed by atoms with Crippen LogP contribution in [0.1, 0.15) is 15.9 Å². The van der Waals surface area contributed by atoms with Crippen LogP contribution in [0.15, 0.2) is 54.6 Å². The third kappa shape index (κ3) is 4.09. The molecule has 2 aromatic rings. The summed E-state index contributed by atoms with van der Waals surface area (Å²) in [4.78, 5) is 13.8. The number of nitrogens with one attached hydrogen (secondary N) is 1. The van der Waals surface area contributed by atoms with Crippen LogP contribution in [0.2, 0.25) is 0 Å². The number of likely N-dealkylation sites (N-methyl/N-ethyl adjacent to an activating group) is 1. The van der Waals surface area contributed by atoms with Gasteiger partial charge in [0.05, 0.1) is 6.54 Å². The van der Waals surface area contributed by atoms with E-state index < -0.39 is 0 Å². The van der Waals surface area contributed by atoms with E-state index in [0.29, 0.717) is 30.0 Å². The molecule has 0 atom stereocenters. The maximum atomic E-state index is 12.2. The predicted octanol–water partition coefficient (Wildman–Crippen LogP) is 2.12. The molecule has 2 rings (SSSR count). The molecule has 0 aliphatic carbocycles. The normalized spacial score (nSPS) is 10.0. The largest absolute Gasteiger partial charge is 0.492 e. The Labute approximate surface area is 129 Å². The molecule has 0 radical (unpaired) electrons. The third-order valence-corrected chi connectivity index (χ3v) is 3.21. The van der Waals surface area contributed by atoms with Crippen molar-refractivity contribution in [3.8, 4) is 5.75 Å². The van der Waals surface area contributed by atoms with Crippen molar-refractivity contribution in [1.29, 1.82) is 5.41 Å². The van der Waals surface area contributed by atoms with E-state index in [1.165, 1.54) is 0 Å². The SMILES string of the molecule is CN(CCOc1cccc(C(=N)N)c1)C(=O)c1ccccc1. The number of carbonyl (C=O) groups excluding carboxylic acids is 1. The zero-order chi connectivity index (χ0) is 15.9. The maximum absolute atomic E-state index is 12.2. The van der Waals surface area contributed by atoms with Gasteiger partial charge in [0.25, 0.3) is 5.91 Å². The van der Waals surface area contributed by atoms with Crippen LogP contribution in [0.25, 0.3) is 0 Å². The summed E-state index contributed by atoms with van der Waals surface area (Å²) >= 11 is 0. The first-order valence-corrected chi connectivity index (χ1v) is 6.95. The molecule has 114 valence electrons. The molecule has 0 aliphatic heterocycles. The van der Waals surface area contributed by atoms with Gasteiger partial charge >= 0.3 is 0 Å². The Hall–Kier alpha value is -2.82. The molecule has 3 N–H and O–H groups in total. The van der Waals surface area contributed by atoms with E-state index in [2.05, 4.69) is 0 Å². The molecule has 0 saturated heterocycles. The fourth-order valence-electron chi connectivity index (χ4n) is 1.96. The molecule has 5 heteroatoms. The first-order chi connectivity index (χ1) is 10.6. The Morgan fingerprint density at radius 2 is 1.82 bits per heavy atom. The van der Waals surface area contributed by atoms with Gasteiger partial charge in [0.2, 0.25) is 0 Å². The van der Waals surface area contributed by atoms with E-state index >= 15 is 0 Å². The Morgan fingerprint density at radius 1 is 1.14 bits per heavy atom. The van der Waals surface area contributed by atoms with Gasteiger partial charge in [-0.05, 0) is 24.3 Å². The van der Waals surface area contributed by atoms with Gasteiger partial charge in [0.15, 0.2) is 0 Å². The first kappa shape index (κ1) is 15.6. The van der Waals surface area contributed by atoms with Gasteiger partial charge in [-0.3, -0.25) is 10.2 Å². The number of hydrogen-bond acceptors (Lipinski definition) is 3. The number of ether oxygens (including phenoxy) is 1. The Balaban J connectivity index is 1.87. The van der Waals surface area contributed by atoms with Crippen molar-refractivity contribution in [3.05, 3.63) is 65.7 Å². The van der Waals surface area contributed by atoms with E-state index in [9.17, 15) is 4.79 Å². The van der Waals surface area contributed by atoms with Crippen LogP contribution in [-0.4, -0.2) is 36.8 Å². The summed E-state index contributed by atoms with van der Waals surface area (Å²) in [5.41, 5.74) is 6.71. The van der Waals surface area contributed by atoms with Gasteiger partial charge in [0.1, 0.15) is 18.2 Å². The summed E-state index contributed by atoms with van der Waals surface area (Å²) in [5, 5.41) is 7.40. The van der Waals surface area contributed by atoms with Crippen molar-refractivity contribution in [2.24, 2.45) is 5.73 Å². The summed E-state index contributed by atoms with van der Waals surface area (Å²) in [6.07, 6.45) is 0. The molecule has 2 aromatic carbocycles. The number of hydrogen-bond donors (Lipinski definition) is 2. The lowest BCUT2D eigenvalue weighted by atomic mass is 10.2. The van der Waals surface area contributed by atoms with Gasteiger partial charge < -0.3 is 15.4 Å². The maximum Gasteiger partial charge on any atom is 0.253 e. The smallest absolute Gasteiger partial charge is 0.253 e. The average Bonchev–Trinajstić information content (AvgIpc) is 2.55. The van der Waals surface area contributed by atoms with Crippen molar-refractivity contribution >= 4 is 11.7 Å². The van der Waals surface area contributed by atoms with Gasteiger partial charge in [-0.25, -0.2) is 0 Å². The van der Waals surface area contributed by atoms with Crippen molar-refractivity contribution in [2.45, 2.75) is 0 Å².